The van der Waals surface area contributed by atoms with Gasteiger partial charge in [-0.3, -0.25) is 14.2 Å². The van der Waals surface area contributed by atoms with Crippen LogP contribution in [0.15, 0.2) is 12.3 Å². The van der Waals surface area contributed by atoms with E-state index in [-0.39, 0.29) is 18.2 Å². The fourth-order valence-corrected chi connectivity index (χ4v) is 2.55. The molecule has 2 aromatic heterocycles. The quantitative estimate of drug-likeness (QED) is 0.889. The van der Waals surface area contributed by atoms with E-state index in [0.717, 1.165) is 23.2 Å². The number of nitrogens with one attached hydrogen (secondary N) is 1. The van der Waals surface area contributed by atoms with E-state index in [4.69, 9.17) is 0 Å². The Morgan fingerprint density at radius 1 is 1.43 bits per heavy atom. The van der Waals surface area contributed by atoms with Gasteiger partial charge in [0.25, 0.3) is 6.43 Å². The third-order valence-electron chi connectivity index (χ3n) is 4.02. The average molecular weight is 323 g/mol. The van der Waals surface area contributed by atoms with Crippen molar-refractivity contribution in [3.63, 3.8) is 0 Å². The van der Waals surface area contributed by atoms with E-state index >= 15 is 0 Å². The van der Waals surface area contributed by atoms with Crippen molar-refractivity contribution in [3.05, 3.63) is 29.3 Å². The Morgan fingerprint density at radius 3 is 2.74 bits per heavy atom. The Balaban J connectivity index is 1.73. The lowest BCUT2D eigenvalue weighted by atomic mass is 10.3. The number of carbonyl (C=O) groups is 1. The second-order valence-corrected chi connectivity index (χ2v) is 5.73. The smallest absolute Gasteiger partial charge is 0.280 e. The summed E-state index contributed by atoms with van der Waals surface area (Å²) in [4.78, 5) is 12.1. The fraction of sp³-hybridized carbons (Fsp3) is 0.533. The highest BCUT2D eigenvalue weighted by molar-refractivity contribution is 5.90. The van der Waals surface area contributed by atoms with E-state index in [0.29, 0.717) is 17.9 Å². The molecule has 1 saturated carbocycles. The molecule has 3 rings (SSSR count). The number of hydrogen-bond donors (Lipinski definition) is 1. The van der Waals surface area contributed by atoms with E-state index in [1.807, 2.05) is 13.8 Å². The molecule has 0 radical (unpaired) electrons. The molecule has 1 aliphatic carbocycles. The number of rotatable bonds is 6. The molecule has 23 heavy (non-hydrogen) atoms. The Labute approximate surface area is 132 Å². The summed E-state index contributed by atoms with van der Waals surface area (Å²) in [6.07, 6.45) is 0.860. The number of aromatic nitrogens is 4. The zero-order valence-corrected chi connectivity index (χ0v) is 13.1. The zero-order valence-electron chi connectivity index (χ0n) is 13.1. The van der Waals surface area contributed by atoms with Crippen molar-refractivity contribution in [2.75, 3.05) is 5.32 Å². The molecule has 0 aromatic carbocycles. The van der Waals surface area contributed by atoms with Gasteiger partial charge in [-0.15, -0.1) is 0 Å². The summed E-state index contributed by atoms with van der Waals surface area (Å²) in [6.45, 7) is 4.25. The Kier molecular flexibility index (Phi) is 4.14. The number of hydrogen-bond acceptors (Lipinski definition) is 3. The van der Waals surface area contributed by atoms with Crippen molar-refractivity contribution in [2.45, 2.75) is 52.1 Å². The predicted octanol–water partition coefficient (Wildman–Crippen LogP) is 2.86. The van der Waals surface area contributed by atoms with Crippen molar-refractivity contribution in [3.8, 4) is 0 Å². The van der Waals surface area contributed by atoms with Crippen LogP contribution in [0.25, 0.3) is 0 Å². The minimum absolute atomic E-state index is 0.206. The predicted molar refractivity (Wildman–Crippen MR) is 80.4 cm³/mol. The second-order valence-electron chi connectivity index (χ2n) is 5.73. The minimum Gasteiger partial charge on any atom is -0.322 e. The maximum atomic E-state index is 13.1. The van der Waals surface area contributed by atoms with E-state index < -0.39 is 12.3 Å². The molecule has 0 saturated heterocycles. The van der Waals surface area contributed by atoms with Crippen LogP contribution in [0.1, 0.15) is 49.2 Å². The first-order chi connectivity index (χ1) is 11.0. The number of anilines is 1. The molecule has 6 nitrogen and oxygen atoms in total. The molecule has 0 bridgehead atoms. The highest BCUT2D eigenvalue weighted by atomic mass is 19.3. The monoisotopic (exact) mass is 323 g/mol. The molecule has 2 aromatic rings. The van der Waals surface area contributed by atoms with E-state index in [9.17, 15) is 13.6 Å². The summed E-state index contributed by atoms with van der Waals surface area (Å²) in [5.74, 6) is -0.127. The van der Waals surface area contributed by atoms with Gasteiger partial charge >= 0.3 is 0 Å². The van der Waals surface area contributed by atoms with Gasteiger partial charge in [0.15, 0.2) is 0 Å². The molecule has 1 fully saturated rings. The van der Waals surface area contributed by atoms with Crippen LogP contribution in [0, 0.1) is 6.92 Å². The summed E-state index contributed by atoms with van der Waals surface area (Å²) in [5.41, 5.74) is 1.87. The highest BCUT2D eigenvalue weighted by Crippen LogP contribution is 2.40. The van der Waals surface area contributed by atoms with E-state index in [1.54, 1.807) is 10.9 Å². The van der Waals surface area contributed by atoms with Crippen molar-refractivity contribution in [2.24, 2.45) is 0 Å². The van der Waals surface area contributed by atoms with Crippen LogP contribution < -0.4 is 5.32 Å². The second kappa shape index (κ2) is 6.10. The molecule has 1 aliphatic rings. The molecule has 0 aliphatic heterocycles. The lowest BCUT2D eigenvalue weighted by Gasteiger charge is -2.08. The van der Waals surface area contributed by atoms with E-state index in [2.05, 4.69) is 15.5 Å². The molecular formula is C15H19F2N5O. The molecule has 124 valence electrons. The van der Waals surface area contributed by atoms with Crippen LogP contribution in [0.3, 0.4) is 0 Å². The van der Waals surface area contributed by atoms with Gasteiger partial charge < -0.3 is 5.32 Å². The molecule has 1 N–H and O–H groups in total. The molecular weight excluding hydrogens is 304 g/mol. The van der Waals surface area contributed by atoms with Gasteiger partial charge in [0, 0.05) is 12.5 Å². The van der Waals surface area contributed by atoms with Crippen LogP contribution in [0.4, 0.5) is 14.5 Å². The third kappa shape index (κ3) is 3.25. The topological polar surface area (TPSA) is 64.7 Å². The molecule has 8 heteroatoms. The fourth-order valence-electron chi connectivity index (χ4n) is 2.55. The summed E-state index contributed by atoms with van der Waals surface area (Å²) < 4.78 is 29.1. The van der Waals surface area contributed by atoms with Gasteiger partial charge in [0.2, 0.25) is 5.91 Å². The molecule has 0 spiro atoms. The van der Waals surface area contributed by atoms with Crippen LogP contribution in [-0.4, -0.2) is 25.5 Å². The Bertz CT molecular complexity index is 718. The summed E-state index contributed by atoms with van der Waals surface area (Å²) in [5, 5.41) is 11.0. The van der Waals surface area contributed by atoms with Crippen molar-refractivity contribution in [1.29, 1.82) is 0 Å². The van der Waals surface area contributed by atoms with Crippen molar-refractivity contribution in [1.82, 2.24) is 19.6 Å². The molecule has 0 atom stereocenters. The maximum Gasteiger partial charge on any atom is 0.280 e. The first-order valence-electron chi connectivity index (χ1n) is 7.67. The van der Waals surface area contributed by atoms with Crippen LogP contribution in [0.5, 0.6) is 0 Å². The Morgan fingerprint density at radius 2 is 2.17 bits per heavy atom. The largest absolute Gasteiger partial charge is 0.322 e. The number of aryl methyl sites for hydroxylation is 1. The summed E-state index contributed by atoms with van der Waals surface area (Å²) >= 11 is 0. The SMILES string of the molecule is CCn1ncc(NC(=O)Cn2nc(C3CC3)cc2C(F)F)c1C. The molecule has 1 amide bonds. The summed E-state index contributed by atoms with van der Waals surface area (Å²) in [7, 11) is 0. The third-order valence-corrected chi connectivity index (χ3v) is 4.02. The number of halogens is 2. The van der Waals surface area contributed by atoms with Gasteiger partial charge in [-0.05, 0) is 32.8 Å². The molecule has 0 unspecified atom stereocenters. The number of alkyl halides is 2. The number of amides is 1. The van der Waals surface area contributed by atoms with Gasteiger partial charge in [-0.2, -0.15) is 10.2 Å². The van der Waals surface area contributed by atoms with Gasteiger partial charge in [0.1, 0.15) is 12.2 Å². The van der Waals surface area contributed by atoms with Gasteiger partial charge in [-0.1, -0.05) is 0 Å². The highest BCUT2D eigenvalue weighted by Gasteiger charge is 2.29. The normalized spacial score (nSPS) is 14.5. The number of nitrogens with zero attached hydrogens (tertiary/aromatic N) is 4. The van der Waals surface area contributed by atoms with Gasteiger partial charge in [-0.25, -0.2) is 8.78 Å². The van der Waals surface area contributed by atoms with Crippen LogP contribution in [-0.2, 0) is 17.9 Å². The Hall–Kier alpha value is -2.25. The lowest BCUT2D eigenvalue weighted by Crippen LogP contribution is -2.21. The van der Waals surface area contributed by atoms with Crippen molar-refractivity contribution < 1.29 is 13.6 Å². The van der Waals surface area contributed by atoms with Crippen LogP contribution >= 0.6 is 0 Å². The van der Waals surface area contributed by atoms with Gasteiger partial charge in [0.05, 0.1) is 23.3 Å². The van der Waals surface area contributed by atoms with Crippen molar-refractivity contribution >= 4 is 11.6 Å². The van der Waals surface area contributed by atoms with Crippen LogP contribution in [0.2, 0.25) is 0 Å². The van der Waals surface area contributed by atoms with E-state index in [1.165, 1.54) is 6.07 Å². The zero-order chi connectivity index (χ0) is 16.6. The average Bonchev–Trinajstić information content (AvgIpc) is 3.18. The first-order valence-corrected chi connectivity index (χ1v) is 7.67. The number of carbonyl (C=O) groups excluding carboxylic acids is 1. The maximum absolute atomic E-state index is 13.1. The first kappa shape index (κ1) is 15.6. The summed E-state index contributed by atoms with van der Waals surface area (Å²) in [6, 6.07) is 1.41. The standard InChI is InChI=1S/C15H19F2N5O/c1-3-21-9(2)12(7-18-21)19-14(23)8-22-13(15(16)17)6-11(20-22)10-4-5-10/h6-7,10,15H,3-5,8H2,1-2H3,(H,19,23). The minimum atomic E-state index is -2.65. The molecule has 2 heterocycles. The lowest BCUT2D eigenvalue weighted by molar-refractivity contribution is -0.117.